The molecule has 0 aliphatic carbocycles. The van der Waals surface area contributed by atoms with Crippen LogP contribution >= 0.6 is 0 Å². The number of piperidine rings is 1. The molecule has 7 heteroatoms. The van der Waals surface area contributed by atoms with Crippen molar-refractivity contribution in [1.29, 1.82) is 0 Å². The number of nitrogens with zero attached hydrogens (tertiary/aromatic N) is 3. The van der Waals surface area contributed by atoms with E-state index in [0.717, 1.165) is 31.7 Å². The lowest BCUT2D eigenvalue weighted by Gasteiger charge is -2.33. The quantitative estimate of drug-likeness (QED) is 0.830. The Bertz CT molecular complexity index is 525. The summed E-state index contributed by atoms with van der Waals surface area (Å²) in [5, 5.41) is 3.35. The molecule has 0 spiro atoms. The van der Waals surface area contributed by atoms with E-state index in [4.69, 9.17) is 0 Å². The molecule has 1 N–H and O–H groups in total. The molecular formula is C14H24N4O2S. The van der Waals surface area contributed by atoms with Gasteiger partial charge in [-0.05, 0) is 25.0 Å². The first-order valence-electron chi connectivity index (χ1n) is 7.28. The van der Waals surface area contributed by atoms with E-state index in [9.17, 15) is 8.42 Å². The monoisotopic (exact) mass is 312 g/mol. The van der Waals surface area contributed by atoms with Gasteiger partial charge in [0.2, 0.25) is 10.0 Å². The molecule has 0 bridgehead atoms. The van der Waals surface area contributed by atoms with Gasteiger partial charge in [-0.25, -0.2) is 17.7 Å². The van der Waals surface area contributed by atoms with Crippen LogP contribution in [0.5, 0.6) is 0 Å². The van der Waals surface area contributed by atoms with Gasteiger partial charge in [-0.2, -0.15) is 0 Å². The maximum absolute atomic E-state index is 11.7. The van der Waals surface area contributed by atoms with Gasteiger partial charge >= 0.3 is 0 Å². The van der Waals surface area contributed by atoms with Gasteiger partial charge < -0.3 is 10.2 Å². The highest BCUT2D eigenvalue weighted by Crippen LogP contribution is 2.17. The number of anilines is 1. The van der Waals surface area contributed by atoms with Crippen molar-refractivity contribution < 1.29 is 8.42 Å². The van der Waals surface area contributed by atoms with Crippen molar-refractivity contribution in [1.82, 2.24) is 14.6 Å². The Morgan fingerprint density at radius 3 is 2.62 bits per heavy atom. The van der Waals surface area contributed by atoms with Crippen LogP contribution in [0.4, 0.5) is 5.82 Å². The molecular weight excluding hydrogens is 288 g/mol. The number of pyridine rings is 1. The molecule has 0 saturated carbocycles. The van der Waals surface area contributed by atoms with Crippen molar-refractivity contribution in [3.63, 3.8) is 0 Å². The van der Waals surface area contributed by atoms with Crippen LogP contribution in [-0.2, 0) is 10.0 Å². The molecule has 0 radical (unpaired) electrons. The van der Waals surface area contributed by atoms with E-state index in [1.54, 1.807) is 14.1 Å². The van der Waals surface area contributed by atoms with Crippen LogP contribution in [0.15, 0.2) is 24.4 Å². The summed E-state index contributed by atoms with van der Waals surface area (Å²) in [5.41, 5.74) is 0. The van der Waals surface area contributed by atoms with Gasteiger partial charge in [-0.3, -0.25) is 0 Å². The van der Waals surface area contributed by atoms with Gasteiger partial charge in [0.05, 0.1) is 5.75 Å². The second kappa shape index (κ2) is 7.20. The summed E-state index contributed by atoms with van der Waals surface area (Å²) < 4.78 is 24.6. The van der Waals surface area contributed by atoms with E-state index < -0.39 is 10.0 Å². The van der Waals surface area contributed by atoms with Crippen LogP contribution in [-0.4, -0.2) is 63.2 Å². The number of aromatic nitrogens is 1. The van der Waals surface area contributed by atoms with Crippen LogP contribution < -0.4 is 10.2 Å². The van der Waals surface area contributed by atoms with E-state index in [2.05, 4.69) is 15.2 Å². The van der Waals surface area contributed by atoms with E-state index >= 15 is 0 Å². The molecule has 1 aliphatic heterocycles. The van der Waals surface area contributed by atoms with Gasteiger partial charge in [-0.15, -0.1) is 0 Å². The number of hydrogen-bond acceptors (Lipinski definition) is 5. The zero-order chi connectivity index (χ0) is 15.3. The van der Waals surface area contributed by atoms with Crippen LogP contribution in [0.1, 0.15) is 12.8 Å². The van der Waals surface area contributed by atoms with Gasteiger partial charge in [0.15, 0.2) is 0 Å². The predicted molar refractivity (Wildman–Crippen MR) is 84.9 cm³/mol. The predicted octanol–water partition coefficient (Wildman–Crippen LogP) is 0.531. The minimum absolute atomic E-state index is 0.153. The van der Waals surface area contributed by atoms with Crippen molar-refractivity contribution in [2.45, 2.75) is 18.9 Å². The molecule has 2 heterocycles. The molecule has 1 aromatic heterocycles. The zero-order valence-corrected chi connectivity index (χ0v) is 13.5. The lowest BCUT2D eigenvalue weighted by atomic mass is 10.1. The standard InChI is InChI=1S/C14H24N4O2S/c1-17(2)21(19,20)12-9-15-13-6-10-18(11-7-13)14-5-3-4-8-16-14/h3-5,8,13,15H,6-7,9-12H2,1-2H3. The lowest BCUT2D eigenvalue weighted by Crippen LogP contribution is -2.44. The van der Waals surface area contributed by atoms with Crippen molar-refractivity contribution in [3.05, 3.63) is 24.4 Å². The van der Waals surface area contributed by atoms with Crippen LogP contribution in [0.2, 0.25) is 0 Å². The molecule has 1 fully saturated rings. The average molecular weight is 312 g/mol. The first-order chi connectivity index (χ1) is 9.99. The van der Waals surface area contributed by atoms with Crippen molar-refractivity contribution in [3.8, 4) is 0 Å². The lowest BCUT2D eigenvalue weighted by molar-refractivity contribution is 0.420. The molecule has 0 aromatic carbocycles. The summed E-state index contributed by atoms with van der Waals surface area (Å²) in [6.45, 7) is 2.42. The highest BCUT2D eigenvalue weighted by molar-refractivity contribution is 7.89. The Kier molecular flexibility index (Phi) is 5.55. The van der Waals surface area contributed by atoms with Crippen molar-refractivity contribution >= 4 is 15.8 Å². The third kappa shape index (κ3) is 4.66. The molecule has 0 atom stereocenters. The van der Waals surface area contributed by atoms with Gasteiger partial charge in [0.25, 0.3) is 0 Å². The van der Waals surface area contributed by atoms with E-state index in [1.165, 1.54) is 4.31 Å². The molecule has 0 amide bonds. The van der Waals surface area contributed by atoms with Crippen molar-refractivity contribution in [2.75, 3.05) is 44.4 Å². The van der Waals surface area contributed by atoms with Gasteiger partial charge in [0.1, 0.15) is 5.82 Å². The number of nitrogens with one attached hydrogen (secondary N) is 1. The third-order valence-electron chi connectivity index (χ3n) is 3.82. The Balaban J connectivity index is 1.73. The van der Waals surface area contributed by atoms with E-state index in [1.807, 2.05) is 24.4 Å². The number of sulfonamides is 1. The summed E-state index contributed by atoms with van der Waals surface area (Å²) in [6.07, 6.45) is 3.84. The maximum atomic E-state index is 11.7. The highest BCUT2D eigenvalue weighted by Gasteiger charge is 2.20. The SMILES string of the molecule is CN(C)S(=O)(=O)CCNC1CCN(c2ccccn2)CC1. The molecule has 118 valence electrons. The molecule has 0 unspecified atom stereocenters. The summed E-state index contributed by atoms with van der Waals surface area (Å²) in [6, 6.07) is 6.33. The fourth-order valence-corrected chi connectivity index (χ4v) is 3.17. The van der Waals surface area contributed by atoms with E-state index in [-0.39, 0.29) is 5.75 Å². The molecule has 2 rings (SSSR count). The molecule has 1 saturated heterocycles. The van der Waals surface area contributed by atoms with Crippen molar-refractivity contribution in [2.24, 2.45) is 0 Å². The average Bonchev–Trinajstić information content (AvgIpc) is 2.48. The minimum Gasteiger partial charge on any atom is -0.357 e. The molecule has 1 aromatic rings. The largest absolute Gasteiger partial charge is 0.357 e. The smallest absolute Gasteiger partial charge is 0.214 e. The van der Waals surface area contributed by atoms with Gasteiger partial charge in [0, 0.05) is 46.0 Å². The normalized spacial score (nSPS) is 17.4. The first-order valence-corrected chi connectivity index (χ1v) is 8.89. The second-order valence-electron chi connectivity index (χ2n) is 5.50. The Labute approximate surface area is 127 Å². The summed E-state index contributed by atoms with van der Waals surface area (Å²) in [4.78, 5) is 6.63. The fourth-order valence-electron chi connectivity index (χ4n) is 2.43. The fraction of sp³-hybridized carbons (Fsp3) is 0.643. The second-order valence-corrected chi connectivity index (χ2v) is 7.80. The first kappa shape index (κ1) is 16.2. The minimum atomic E-state index is -3.10. The Morgan fingerprint density at radius 1 is 1.33 bits per heavy atom. The summed E-state index contributed by atoms with van der Waals surface area (Å²) in [7, 11) is 0.0379. The maximum Gasteiger partial charge on any atom is 0.214 e. The summed E-state index contributed by atoms with van der Waals surface area (Å²) in [5.74, 6) is 1.17. The topological polar surface area (TPSA) is 65.5 Å². The Hall–Kier alpha value is -1.18. The molecule has 6 nitrogen and oxygen atoms in total. The molecule has 21 heavy (non-hydrogen) atoms. The third-order valence-corrected chi connectivity index (χ3v) is 5.65. The zero-order valence-electron chi connectivity index (χ0n) is 12.7. The number of rotatable bonds is 6. The highest BCUT2D eigenvalue weighted by atomic mass is 32.2. The molecule has 1 aliphatic rings. The number of hydrogen-bond donors (Lipinski definition) is 1. The van der Waals surface area contributed by atoms with Crippen LogP contribution in [0, 0.1) is 0 Å². The van der Waals surface area contributed by atoms with Crippen LogP contribution in [0.3, 0.4) is 0 Å². The van der Waals surface area contributed by atoms with Crippen LogP contribution in [0.25, 0.3) is 0 Å². The Morgan fingerprint density at radius 2 is 2.05 bits per heavy atom. The van der Waals surface area contributed by atoms with Gasteiger partial charge in [-0.1, -0.05) is 6.07 Å². The summed E-state index contributed by atoms with van der Waals surface area (Å²) >= 11 is 0. The van der Waals surface area contributed by atoms with E-state index in [0.29, 0.717) is 12.6 Å².